The number of ether oxygens (including phenoxy) is 1. The Hall–Kier alpha value is -3.41. The predicted octanol–water partition coefficient (Wildman–Crippen LogP) is 3.64. The van der Waals surface area contributed by atoms with E-state index in [-0.39, 0.29) is 0 Å². The monoisotopic (exact) mass is 331 g/mol. The maximum atomic E-state index is 5.19. The molecule has 2 aromatic heterocycles. The number of anilines is 1. The molecule has 0 unspecified atom stereocenters. The summed E-state index contributed by atoms with van der Waals surface area (Å²) in [6, 6.07) is 17.7. The van der Waals surface area contributed by atoms with Gasteiger partial charge < -0.3 is 15.0 Å². The van der Waals surface area contributed by atoms with Crippen molar-refractivity contribution in [1.29, 1.82) is 0 Å². The molecule has 0 spiro atoms. The van der Waals surface area contributed by atoms with Gasteiger partial charge in [0.05, 0.1) is 30.4 Å². The van der Waals surface area contributed by atoms with Gasteiger partial charge in [-0.25, -0.2) is 15.0 Å². The quantitative estimate of drug-likeness (QED) is 0.584. The average Bonchev–Trinajstić information content (AvgIpc) is 3.10. The maximum Gasteiger partial charge on any atom is 0.130 e. The van der Waals surface area contributed by atoms with Crippen molar-refractivity contribution in [3.05, 3.63) is 66.7 Å². The fourth-order valence-electron chi connectivity index (χ4n) is 2.64. The van der Waals surface area contributed by atoms with E-state index in [1.807, 2.05) is 54.6 Å². The Kier molecular flexibility index (Phi) is 4.00. The highest BCUT2D eigenvalue weighted by atomic mass is 16.5. The normalized spacial score (nSPS) is 10.8. The lowest BCUT2D eigenvalue weighted by Gasteiger charge is -2.06. The Bertz CT molecular complexity index is 961. The minimum Gasteiger partial charge on any atom is -0.497 e. The number of nitrogens with one attached hydrogen (secondary N) is 2. The predicted molar refractivity (Wildman–Crippen MR) is 97.4 cm³/mol. The van der Waals surface area contributed by atoms with Crippen LogP contribution in [-0.2, 0) is 6.54 Å². The van der Waals surface area contributed by atoms with Crippen molar-refractivity contribution in [2.75, 3.05) is 12.4 Å². The Morgan fingerprint density at radius 1 is 1.04 bits per heavy atom. The summed E-state index contributed by atoms with van der Waals surface area (Å²) in [6.45, 7) is 0.563. The number of H-pyrrole nitrogens is 1. The molecule has 0 aliphatic rings. The van der Waals surface area contributed by atoms with Gasteiger partial charge in [0, 0.05) is 11.6 Å². The van der Waals surface area contributed by atoms with Crippen LogP contribution in [0.25, 0.3) is 22.3 Å². The van der Waals surface area contributed by atoms with Crippen LogP contribution in [0.4, 0.5) is 5.82 Å². The Balaban J connectivity index is 1.50. The first kappa shape index (κ1) is 15.1. The molecule has 124 valence electrons. The van der Waals surface area contributed by atoms with E-state index in [0.717, 1.165) is 39.7 Å². The van der Waals surface area contributed by atoms with Gasteiger partial charge in [-0.05, 0) is 36.4 Å². The molecule has 0 radical (unpaired) electrons. The molecular formula is C19H17N5O. The van der Waals surface area contributed by atoms with Crippen molar-refractivity contribution < 1.29 is 4.74 Å². The topological polar surface area (TPSA) is 75.7 Å². The van der Waals surface area contributed by atoms with Gasteiger partial charge in [0.1, 0.15) is 23.7 Å². The molecule has 0 atom stereocenters. The number of methoxy groups -OCH3 is 1. The molecular weight excluding hydrogens is 314 g/mol. The van der Waals surface area contributed by atoms with Crippen LogP contribution in [0.1, 0.15) is 5.82 Å². The number of para-hydroxylation sites is 2. The SMILES string of the molecule is COc1ccc(-c2cc(NCc3nc4ccccc4[nH]3)ncn2)cc1. The van der Waals surface area contributed by atoms with E-state index < -0.39 is 0 Å². The number of aromatic amines is 1. The van der Waals surface area contributed by atoms with Gasteiger partial charge >= 0.3 is 0 Å². The van der Waals surface area contributed by atoms with Gasteiger partial charge in [-0.1, -0.05) is 12.1 Å². The maximum absolute atomic E-state index is 5.19. The lowest BCUT2D eigenvalue weighted by Crippen LogP contribution is -2.03. The van der Waals surface area contributed by atoms with Crippen LogP contribution in [0, 0.1) is 0 Å². The number of aromatic nitrogens is 4. The van der Waals surface area contributed by atoms with Crippen LogP contribution >= 0.6 is 0 Å². The highest BCUT2D eigenvalue weighted by molar-refractivity contribution is 5.74. The zero-order valence-electron chi connectivity index (χ0n) is 13.7. The van der Waals surface area contributed by atoms with Crippen LogP contribution < -0.4 is 10.1 Å². The smallest absolute Gasteiger partial charge is 0.130 e. The third-order valence-corrected chi connectivity index (χ3v) is 3.93. The summed E-state index contributed by atoms with van der Waals surface area (Å²) in [5, 5.41) is 3.29. The molecule has 0 aliphatic carbocycles. The number of rotatable bonds is 5. The van der Waals surface area contributed by atoms with E-state index in [4.69, 9.17) is 4.74 Å². The molecule has 0 aliphatic heterocycles. The second-order valence-corrected chi connectivity index (χ2v) is 5.57. The van der Waals surface area contributed by atoms with Gasteiger partial charge in [-0.3, -0.25) is 0 Å². The minimum absolute atomic E-state index is 0.563. The minimum atomic E-state index is 0.563. The number of nitrogens with zero attached hydrogens (tertiary/aromatic N) is 3. The second-order valence-electron chi connectivity index (χ2n) is 5.57. The van der Waals surface area contributed by atoms with Gasteiger partial charge in [0.15, 0.2) is 0 Å². The molecule has 0 saturated carbocycles. The standard InChI is InChI=1S/C19H17N5O/c1-25-14-8-6-13(7-9-14)17-10-18(22-12-21-17)20-11-19-23-15-4-2-3-5-16(15)24-19/h2-10,12H,11H2,1H3,(H,23,24)(H,20,21,22). The first-order chi connectivity index (χ1) is 12.3. The summed E-state index contributed by atoms with van der Waals surface area (Å²) in [6.07, 6.45) is 1.56. The van der Waals surface area contributed by atoms with E-state index in [1.54, 1.807) is 13.4 Å². The van der Waals surface area contributed by atoms with Crippen LogP contribution in [0.2, 0.25) is 0 Å². The number of fused-ring (bicyclic) bond motifs is 1. The molecule has 4 aromatic rings. The summed E-state index contributed by atoms with van der Waals surface area (Å²) in [4.78, 5) is 16.5. The fourth-order valence-corrected chi connectivity index (χ4v) is 2.64. The second kappa shape index (κ2) is 6.60. The first-order valence-corrected chi connectivity index (χ1v) is 7.96. The average molecular weight is 331 g/mol. The molecule has 0 amide bonds. The highest BCUT2D eigenvalue weighted by Gasteiger charge is 2.05. The molecule has 0 fully saturated rings. The van der Waals surface area contributed by atoms with Crippen LogP contribution in [0.3, 0.4) is 0 Å². The van der Waals surface area contributed by atoms with Gasteiger partial charge in [0.25, 0.3) is 0 Å². The Morgan fingerprint density at radius 2 is 1.88 bits per heavy atom. The third-order valence-electron chi connectivity index (χ3n) is 3.93. The summed E-state index contributed by atoms with van der Waals surface area (Å²) >= 11 is 0. The zero-order valence-corrected chi connectivity index (χ0v) is 13.7. The molecule has 25 heavy (non-hydrogen) atoms. The lowest BCUT2D eigenvalue weighted by atomic mass is 10.1. The van der Waals surface area contributed by atoms with Gasteiger partial charge in [-0.15, -0.1) is 0 Å². The van der Waals surface area contributed by atoms with Gasteiger partial charge in [0.2, 0.25) is 0 Å². The number of benzene rings is 2. The molecule has 2 N–H and O–H groups in total. The summed E-state index contributed by atoms with van der Waals surface area (Å²) in [7, 11) is 1.65. The van der Waals surface area contributed by atoms with Crippen molar-refractivity contribution in [2.45, 2.75) is 6.54 Å². The Morgan fingerprint density at radius 3 is 2.68 bits per heavy atom. The molecule has 4 rings (SSSR count). The largest absolute Gasteiger partial charge is 0.497 e. The van der Waals surface area contributed by atoms with Crippen molar-refractivity contribution in [3.63, 3.8) is 0 Å². The van der Waals surface area contributed by atoms with Crippen LogP contribution in [0.15, 0.2) is 60.9 Å². The van der Waals surface area contributed by atoms with E-state index >= 15 is 0 Å². The highest BCUT2D eigenvalue weighted by Crippen LogP contribution is 2.22. The number of imidazole rings is 1. The van der Waals surface area contributed by atoms with E-state index in [9.17, 15) is 0 Å². The molecule has 0 saturated heterocycles. The summed E-state index contributed by atoms with van der Waals surface area (Å²) in [5.74, 6) is 2.44. The van der Waals surface area contributed by atoms with E-state index in [0.29, 0.717) is 6.54 Å². The molecule has 2 heterocycles. The number of hydrogen-bond acceptors (Lipinski definition) is 5. The summed E-state index contributed by atoms with van der Waals surface area (Å²) < 4.78 is 5.19. The van der Waals surface area contributed by atoms with Gasteiger partial charge in [-0.2, -0.15) is 0 Å². The molecule has 2 aromatic carbocycles. The molecule has 6 heteroatoms. The van der Waals surface area contributed by atoms with Crippen LogP contribution in [-0.4, -0.2) is 27.0 Å². The molecule has 0 bridgehead atoms. The molecule has 6 nitrogen and oxygen atoms in total. The van der Waals surface area contributed by atoms with E-state index in [1.165, 1.54) is 0 Å². The fraction of sp³-hybridized carbons (Fsp3) is 0.105. The zero-order chi connectivity index (χ0) is 17.1. The number of hydrogen-bond donors (Lipinski definition) is 2. The first-order valence-electron chi connectivity index (χ1n) is 7.96. The van der Waals surface area contributed by atoms with Crippen molar-refractivity contribution in [1.82, 2.24) is 19.9 Å². The Labute approximate surface area is 144 Å². The summed E-state index contributed by atoms with van der Waals surface area (Å²) in [5.41, 5.74) is 3.85. The lowest BCUT2D eigenvalue weighted by molar-refractivity contribution is 0.415. The van der Waals surface area contributed by atoms with Crippen LogP contribution in [0.5, 0.6) is 5.75 Å². The van der Waals surface area contributed by atoms with Crippen molar-refractivity contribution in [3.8, 4) is 17.0 Å². The van der Waals surface area contributed by atoms with Crippen molar-refractivity contribution >= 4 is 16.9 Å². The van der Waals surface area contributed by atoms with E-state index in [2.05, 4.69) is 25.3 Å². The van der Waals surface area contributed by atoms with Crippen molar-refractivity contribution in [2.24, 2.45) is 0 Å². The third kappa shape index (κ3) is 3.28.